The summed E-state index contributed by atoms with van der Waals surface area (Å²) in [5, 5.41) is 8.71. The van der Waals surface area contributed by atoms with E-state index in [1.165, 1.54) is 0 Å². The summed E-state index contributed by atoms with van der Waals surface area (Å²) in [6.07, 6.45) is 5.50. The number of fused-ring (bicyclic) bond motifs is 1. The first kappa shape index (κ1) is 14.9. The number of nitrogens with zero attached hydrogens (tertiary/aromatic N) is 5. The molecule has 0 aliphatic rings. The van der Waals surface area contributed by atoms with Crippen LogP contribution < -0.4 is 5.32 Å². The van der Waals surface area contributed by atoms with E-state index in [1.807, 2.05) is 36.1 Å². The van der Waals surface area contributed by atoms with Gasteiger partial charge in [0.1, 0.15) is 5.82 Å². The molecular formula is C14H18N6OS. The SMILES string of the molecule is COCc1cc(NCCSc2nccn2C)n2nccc2n1. The second-order valence-electron chi connectivity index (χ2n) is 4.76. The number of methoxy groups -OCH3 is 1. The van der Waals surface area contributed by atoms with Crippen molar-refractivity contribution >= 4 is 23.2 Å². The quantitative estimate of drug-likeness (QED) is 0.529. The number of hydrogen-bond acceptors (Lipinski definition) is 6. The highest BCUT2D eigenvalue weighted by Gasteiger charge is 2.06. The Balaban J connectivity index is 1.65. The first-order valence-electron chi connectivity index (χ1n) is 6.94. The van der Waals surface area contributed by atoms with Crippen molar-refractivity contribution in [1.82, 2.24) is 24.1 Å². The van der Waals surface area contributed by atoms with Gasteiger partial charge in [0.15, 0.2) is 10.8 Å². The molecule has 0 bridgehead atoms. The lowest BCUT2D eigenvalue weighted by Gasteiger charge is -2.10. The highest BCUT2D eigenvalue weighted by Crippen LogP contribution is 2.16. The van der Waals surface area contributed by atoms with Crippen LogP contribution in [0.15, 0.2) is 35.9 Å². The Kier molecular flexibility index (Phi) is 4.59. The van der Waals surface area contributed by atoms with Crippen molar-refractivity contribution in [3.8, 4) is 0 Å². The predicted molar refractivity (Wildman–Crippen MR) is 86.1 cm³/mol. The van der Waals surface area contributed by atoms with Crippen molar-refractivity contribution in [3.05, 3.63) is 36.4 Å². The minimum Gasteiger partial charge on any atom is -0.378 e. The van der Waals surface area contributed by atoms with Crippen LogP contribution in [-0.2, 0) is 18.4 Å². The van der Waals surface area contributed by atoms with Gasteiger partial charge in [0.25, 0.3) is 0 Å². The van der Waals surface area contributed by atoms with E-state index in [4.69, 9.17) is 4.74 Å². The van der Waals surface area contributed by atoms with Crippen LogP contribution in [-0.4, -0.2) is 43.6 Å². The summed E-state index contributed by atoms with van der Waals surface area (Å²) in [5.41, 5.74) is 1.70. The third kappa shape index (κ3) is 3.23. The number of anilines is 1. The summed E-state index contributed by atoms with van der Waals surface area (Å²) < 4.78 is 8.97. The number of nitrogens with one attached hydrogen (secondary N) is 1. The Morgan fingerprint density at radius 1 is 1.36 bits per heavy atom. The van der Waals surface area contributed by atoms with Crippen molar-refractivity contribution < 1.29 is 4.74 Å². The summed E-state index contributed by atoms with van der Waals surface area (Å²) in [6.45, 7) is 1.29. The number of thioether (sulfide) groups is 1. The highest BCUT2D eigenvalue weighted by atomic mass is 32.2. The Bertz CT molecular complexity index is 753. The van der Waals surface area contributed by atoms with E-state index < -0.39 is 0 Å². The third-order valence-corrected chi connectivity index (χ3v) is 4.18. The lowest BCUT2D eigenvalue weighted by molar-refractivity contribution is 0.181. The first-order valence-corrected chi connectivity index (χ1v) is 7.93. The fourth-order valence-corrected chi connectivity index (χ4v) is 2.91. The van der Waals surface area contributed by atoms with E-state index in [0.717, 1.165) is 34.6 Å². The topological polar surface area (TPSA) is 69.3 Å². The molecule has 3 aromatic heterocycles. The van der Waals surface area contributed by atoms with Gasteiger partial charge in [-0.05, 0) is 0 Å². The monoisotopic (exact) mass is 318 g/mol. The summed E-state index contributed by atoms with van der Waals surface area (Å²) in [7, 11) is 3.66. The van der Waals surface area contributed by atoms with E-state index in [2.05, 4.69) is 20.4 Å². The van der Waals surface area contributed by atoms with Gasteiger partial charge < -0.3 is 14.6 Å². The lowest BCUT2D eigenvalue weighted by atomic mass is 10.4. The zero-order chi connectivity index (χ0) is 15.4. The van der Waals surface area contributed by atoms with E-state index in [0.29, 0.717) is 6.61 Å². The highest BCUT2D eigenvalue weighted by molar-refractivity contribution is 7.99. The van der Waals surface area contributed by atoms with Crippen molar-refractivity contribution in [2.75, 3.05) is 24.7 Å². The summed E-state index contributed by atoms with van der Waals surface area (Å²) in [4.78, 5) is 8.78. The van der Waals surface area contributed by atoms with Crippen molar-refractivity contribution in [3.63, 3.8) is 0 Å². The molecule has 0 unspecified atom stereocenters. The molecule has 0 saturated carbocycles. The molecule has 0 aromatic carbocycles. The van der Waals surface area contributed by atoms with Crippen molar-refractivity contribution in [2.24, 2.45) is 7.05 Å². The molecule has 0 aliphatic heterocycles. The molecular weight excluding hydrogens is 300 g/mol. The van der Waals surface area contributed by atoms with Crippen LogP contribution in [0.1, 0.15) is 5.69 Å². The zero-order valence-corrected chi connectivity index (χ0v) is 13.4. The van der Waals surface area contributed by atoms with Gasteiger partial charge in [-0.15, -0.1) is 0 Å². The average Bonchev–Trinajstić information content (AvgIpc) is 3.13. The Hall–Kier alpha value is -2.06. The van der Waals surface area contributed by atoms with E-state index in [1.54, 1.807) is 29.6 Å². The molecule has 116 valence electrons. The van der Waals surface area contributed by atoms with Gasteiger partial charge in [0.05, 0.1) is 18.5 Å². The van der Waals surface area contributed by atoms with Crippen LogP contribution in [0.3, 0.4) is 0 Å². The smallest absolute Gasteiger partial charge is 0.167 e. The van der Waals surface area contributed by atoms with Crippen LogP contribution in [0.4, 0.5) is 5.82 Å². The molecule has 0 radical (unpaired) electrons. The Morgan fingerprint density at radius 2 is 2.27 bits per heavy atom. The number of aryl methyl sites for hydroxylation is 1. The average molecular weight is 318 g/mol. The van der Waals surface area contributed by atoms with Gasteiger partial charge in [-0.3, -0.25) is 0 Å². The molecule has 0 saturated heterocycles. The van der Waals surface area contributed by atoms with Gasteiger partial charge in [-0.1, -0.05) is 11.8 Å². The fraction of sp³-hybridized carbons (Fsp3) is 0.357. The van der Waals surface area contributed by atoms with Gasteiger partial charge in [-0.25, -0.2) is 9.97 Å². The molecule has 0 amide bonds. The normalized spacial score (nSPS) is 11.2. The maximum absolute atomic E-state index is 5.16. The molecule has 3 heterocycles. The van der Waals surface area contributed by atoms with Gasteiger partial charge in [0, 0.05) is 51.0 Å². The second kappa shape index (κ2) is 6.80. The molecule has 22 heavy (non-hydrogen) atoms. The molecule has 0 spiro atoms. The molecule has 0 aliphatic carbocycles. The van der Waals surface area contributed by atoms with Crippen LogP contribution in [0.25, 0.3) is 5.65 Å². The molecule has 0 fully saturated rings. The second-order valence-corrected chi connectivity index (χ2v) is 5.82. The van der Waals surface area contributed by atoms with E-state index in [9.17, 15) is 0 Å². The van der Waals surface area contributed by atoms with Crippen LogP contribution >= 0.6 is 11.8 Å². The summed E-state index contributed by atoms with van der Waals surface area (Å²) in [5.74, 6) is 1.83. The van der Waals surface area contributed by atoms with Crippen molar-refractivity contribution in [2.45, 2.75) is 11.8 Å². The molecule has 3 rings (SSSR count). The number of rotatable bonds is 7. The van der Waals surface area contributed by atoms with Crippen LogP contribution in [0, 0.1) is 0 Å². The predicted octanol–water partition coefficient (Wildman–Crippen LogP) is 1.81. The van der Waals surface area contributed by atoms with Gasteiger partial charge >= 0.3 is 0 Å². The Labute approximate surface area is 132 Å². The fourth-order valence-electron chi connectivity index (χ4n) is 2.13. The van der Waals surface area contributed by atoms with Gasteiger partial charge in [0.2, 0.25) is 0 Å². The number of ether oxygens (including phenoxy) is 1. The Morgan fingerprint density at radius 3 is 3.05 bits per heavy atom. The molecule has 8 heteroatoms. The molecule has 0 atom stereocenters. The maximum Gasteiger partial charge on any atom is 0.167 e. The number of imidazole rings is 1. The molecule has 7 nitrogen and oxygen atoms in total. The maximum atomic E-state index is 5.16. The van der Waals surface area contributed by atoms with E-state index >= 15 is 0 Å². The molecule has 3 aromatic rings. The zero-order valence-electron chi connectivity index (χ0n) is 12.6. The third-order valence-electron chi connectivity index (χ3n) is 3.12. The van der Waals surface area contributed by atoms with Crippen molar-refractivity contribution in [1.29, 1.82) is 0 Å². The van der Waals surface area contributed by atoms with Gasteiger partial charge in [-0.2, -0.15) is 9.61 Å². The number of hydrogen-bond donors (Lipinski definition) is 1. The minimum atomic E-state index is 0.485. The minimum absolute atomic E-state index is 0.485. The van der Waals surface area contributed by atoms with E-state index in [-0.39, 0.29) is 0 Å². The van der Waals surface area contributed by atoms with Crippen LogP contribution in [0.2, 0.25) is 0 Å². The number of aromatic nitrogens is 5. The standard InChI is InChI=1S/C14H18N6OS/c1-19-7-5-16-14(19)22-8-6-15-13-9-11(10-21-2)18-12-3-4-17-20(12)13/h3-5,7,9,15H,6,8,10H2,1-2H3. The lowest BCUT2D eigenvalue weighted by Crippen LogP contribution is -2.11. The largest absolute Gasteiger partial charge is 0.378 e. The summed E-state index contributed by atoms with van der Waals surface area (Å²) >= 11 is 1.71. The first-order chi connectivity index (χ1) is 10.8. The van der Waals surface area contributed by atoms with Crippen LogP contribution in [0.5, 0.6) is 0 Å². The molecule has 1 N–H and O–H groups in total. The summed E-state index contributed by atoms with van der Waals surface area (Å²) in [6, 6.07) is 3.85.